The van der Waals surface area contributed by atoms with Crippen LogP contribution in [0.5, 0.6) is 0 Å². The molecule has 2 aromatic rings. The van der Waals surface area contributed by atoms with Crippen LogP contribution in [0.4, 0.5) is 8.78 Å². The molecule has 0 aromatic heterocycles. The molecule has 0 heterocycles. The Balaban J connectivity index is 1.47. The molecule has 2 aliphatic rings. The summed E-state index contributed by atoms with van der Waals surface area (Å²) in [5.74, 6) is 2.28. The smallest absolute Gasteiger partial charge is 0.142 e. The van der Waals surface area contributed by atoms with E-state index in [0.717, 1.165) is 29.7 Å². The van der Waals surface area contributed by atoms with Gasteiger partial charge in [0.15, 0.2) is 0 Å². The molecule has 2 saturated carbocycles. The van der Waals surface area contributed by atoms with Crippen LogP contribution >= 0.6 is 11.6 Å². The molecular formula is C25H29ClF2. The van der Waals surface area contributed by atoms with Crippen molar-refractivity contribution in [1.82, 2.24) is 0 Å². The van der Waals surface area contributed by atoms with E-state index in [1.54, 1.807) is 18.2 Å². The zero-order valence-corrected chi connectivity index (χ0v) is 17.3. The molecule has 150 valence electrons. The fraction of sp³-hybridized carbons (Fsp3) is 0.520. The van der Waals surface area contributed by atoms with Crippen LogP contribution in [0.25, 0.3) is 11.1 Å². The maximum absolute atomic E-state index is 14.8. The summed E-state index contributed by atoms with van der Waals surface area (Å²) in [5.41, 5.74) is 2.07. The standard InChI is InChI=1S/C25H29ClF2/c1-2-3-16-4-5-18-13-19(7-6-17(18)12-16)20-8-10-22(24(27)14-20)21-9-11-23(26)25(28)15-21/h8-11,14-19H,2-7,12-13H2,1H3/t16?,17-,18-,19-/m1/s1. The Morgan fingerprint density at radius 3 is 2.43 bits per heavy atom. The van der Waals surface area contributed by atoms with Gasteiger partial charge in [0.25, 0.3) is 0 Å². The van der Waals surface area contributed by atoms with Crippen molar-refractivity contribution < 1.29 is 8.78 Å². The molecule has 1 unspecified atom stereocenters. The van der Waals surface area contributed by atoms with Crippen molar-refractivity contribution in [2.75, 3.05) is 0 Å². The lowest BCUT2D eigenvalue weighted by atomic mass is 9.63. The van der Waals surface area contributed by atoms with Gasteiger partial charge in [-0.15, -0.1) is 0 Å². The van der Waals surface area contributed by atoms with E-state index < -0.39 is 5.82 Å². The minimum absolute atomic E-state index is 0.0613. The van der Waals surface area contributed by atoms with E-state index in [1.165, 1.54) is 57.1 Å². The fourth-order valence-electron chi connectivity index (χ4n) is 5.64. The fourth-order valence-corrected chi connectivity index (χ4v) is 5.76. The summed E-state index contributed by atoms with van der Waals surface area (Å²) in [6, 6.07) is 9.98. The van der Waals surface area contributed by atoms with Crippen molar-refractivity contribution in [2.45, 2.75) is 64.2 Å². The second-order valence-electron chi connectivity index (χ2n) is 8.87. The van der Waals surface area contributed by atoms with Crippen LogP contribution in [0.1, 0.15) is 69.8 Å². The third kappa shape index (κ3) is 4.13. The third-order valence-corrected chi connectivity index (χ3v) is 7.42. The summed E-state index contributed by atoms with van der Waals surface area (Å²) in [7, 11) is 0. The highest BCUT2D eigenvalue weighted by molar-refractivity contribution is 6.30. The highest BCUT2D eigenvalue weighted by Gasteiger charge is 2.35. The van der Waals surface area contributed by atoms with Crippen LogP contribution in [-0.4, -0.2) is 0 Å². The lowest BCUT2D eigenvalue weighted by Crippen LogP contribution is -2.30. The van der Waals surface area contributed by atoms with E-state index in [0.29, 0.717) is 17.0 Å². The number of benzene rings is 2. The quantitative estimate of drug-likeness (QED) is 0.481. The molecule has 4 atom stereocenters. The van der Waals surface area contributed by atoms with Gasteiger partial charge in [0, 0.05) is 5.56 Å². The monoisotopic (exact) mass is 402 g/mol. The lowest BCUT2D eigenvalue weighted by molar-refractivity contribution is 0.114. The molecule has 0 amide bonds. The van der Waals surface area contributed by atoms with Crippen LogP contribution < -0.4 is 0 Å². The van der Waals surface area contributed by atoms with Crippen molar-refractivity contribution >= 4 is 11.6 Å². The average molecular weight is 403 g/mol. The van der Waals surface area contributed by atoms with E-state index in [-0.39, 0.29) is 10.8 Å². The van der Waals surface area contributed by atoms with Gasteiger partial charge in [-0.2, -0.15) is 0 Å². The molecule has 28 heavy (non-hydrogen) atoms. The zero-order chi connectivity index (χ0) is 19.7. The SMILES string of the molecule is CCCC1CC[C@@H]2C[C@H](c3ccc(-c4ccc(Cl)c(F)c4)c(F)c3)CC[C@@H]2C1. The van der Waals surface area contributed by atoms with Crippen LogP contribution in [-0.2, 0) is 0 Å². The summed E-state index contributed by atoms with van der Waals surface area (Å²) in [6.07, 6.45) is 10.4. The molecule has 0 N–H and O–H groups in total. The number of hydrogen-bond acceptors (Lipinski definition) is 0. The molecule has 2 aromatic carbocycles. The molecule has 2 aliphatic carbocycles. The summed E-state index contributed by atoms with van der Waals surface area (Å²) < 4.78 is 28.6. The van der Waals surface area contributed by atoms with Crippen LogP contribution in [0.2, 0.25) is 5.02 Å². The first-order valence-electron chi connectivity index (χ1n) is 10.8. The van der Waals surface area contributed by atoms with Crippen LogP contribution in [0.3, 0.4) is 0 Å². The summed E-state index contributed by atoms with van der Waals surface area (Å²) in [6.45, 7) is 2.29. The Labute approximate surface area is 172 Å². The first-order chi connectivity index (χ1) is 13.5. The van der Waals surface area contributed by atoms with Crippen molar-refractivity contribution in [3.8, 4) is 11.1 Å². The second kappa shape index (κ2) is 8.53. The predicted molar refractivity (Wildman–Crippen MR) is 113 cm³/mol. The Bertz CT molecular complexity index is 831. The van der Waals surface area contributed by atoms with Crippen molar-refractivity contribution in [2.24, 2.45) is 17.8 Å². The minimum atomic E-state index is -0.514. The van der Waals surface area contributed by atoms with E-state index in [2.05, 4.69) is 6.92 Å². The van der Waals surface area contributed by atoms with Gasteiger partial charge in [-0.05, 0) is 85.1 Å². The Hall–Kier alpha value is -1.41. The zero-order valence-electron chi connectivity index (χ0n) is 16.6. The normalized spacial score (nSPS) is 27.4. The van der Waals surface area contributed by atoms with Gasteiger partial charge < -0.3 is 0 Å². The van der Waals surface area contributed by atoms with E-state index >= 15 is 0 Å². The number of fused-ring (bicyclic) bond motifs is 1. The lowest BCUT2D eigenvalue weighted by Gasteiger charge is -2.42. The Morgan fingerprint density at radius 2 is 1.68 bits per heavy atom. The molecule has 0 nitrogen and oxygen atoms in total. The maximum Gasteiger partial charge on any atom is 0.142 e. The van der Waals surface area contributed by atoms with Crippen molar-refractivity contribution in [3.63, 3.8) is 0 Å². The van der Waals surface area contributed by atoms with Crippen molar-refractivity contribution in [1.29, 1.82) is 0 Å². The van der Waals surface area contributed by atoms with Crippen molar-refractivity contribution in [3.05, 3.63) is 58.6 Å². The highest BCUT2D eigenvalue weighted by Crippen LogP contribution is 2.48. The van der Waals surface area contributed by atoms with Gasteiger partial charge in [0.2, 0.25) is 0 Å². The minimum Gasteiger partial charge on any atom is -0.206 e. The molecule has 2 fully saturated rings. The number of hydrogen-bond donors (Lipinski definition) is 0. The van der Waals surface area contributed by atoms with E-state index in [1.807, 2.05) is 6.07 Å². The molecule has 0 spiro atoms. The first kappa shape index (κ1) is 19.9. The number of rotatable bonds is 4. The molecule has 0 bridgehead atoms. The van der Waals surface area contributed by atoms with Gasteiger partial charge in [-0.1, -0.05) is 56.0 Å². The Kier molecular flexibility index (Phi) is 6.06. The van der Waals surface area contributed by atoms with Crippen LogP contribution in [0.15, 0.2) is 36.4 Å². The van der Waals surface area contributed by atoms with Gasteiger partial charge in [-0.25, -0.2) is 8.78 Å². The third-order valence-electron chi connectivity index (χ3n) is 7.11. The average Bonchev–Trinajstić information content (AvgIpc) is 2.70. The van der Waals surface area contributed by atoms with Gasteiger partial charge in [0.05, 0.1) is 5.02 Å². The number of halogens is 3. The predicted octanol–water partition coefficient (Wildman–Crippen LogP) is 8.39. The molecule has 3 heteroatoms. The Morgan fingerprint density at radius 1 is 0.893 bits per heavy atom. The molecule has 4 rings (SSSR count). The largest absolute Gasteiger partial charge is 0.206 e. The summed E-state index contributed by atoms with van der Waals surface area (Å²) in [5, 5.41) is 0.0613. The molecule has 0 saturated heterocycles. The summed E-state index contributed by atoms with van der Waals surface area (Å²) >= 11 is 5.75. The first-order valence-corrected chi connectivity index (χ1v) is 11.2. The van der Waals surface area contributed by atoms with Gasteiger partial charge in [-0.3, -0.25) is 0 Å². The molecular weight excluding hydrogens is 374 g/mol. The summed E-state index contributed by atoms with van der Waals surface area (Å²) in [4.78, 5) is 0. The van der Waals surface area contributed by atoms with E-state index in [4.69, 9.17) is 11.6 Å². The molecule has 0 radical (unpaired) electrons. The van der Waals surface area contributed by atoms with E-state index in [9.17, 15) is 8.78 Å². The topological polar surface area (TPSA) is 0 Å². The van der Waals surface area contributed by atoms with Gasteiger partial charge in [0.1, 0.15) is 11.6 Å². The maximum atomic E-state index is 14.8. The second-order valence-corrected chi connectivity index (χ2v) is 9.27. The van der Waals surface area contributed by atoms with Crippen LogP contribution in [0, 0.1) is 29.4 Å². The highest BCUT2D eigenvalue weighted by atomic mass is 35.5. The molecule has 0 aliphatic heterocycles. The van der Waals surface area contributed by atoms with Gasteiger partial charge >= 0.3 is 0 Å².